The molecule has 0 unspecified atom stereocenters. The highest BCUT2D eigenvalue weighted by Crippen LogP contribution is 2.31. The summed E-state index contributed by atoms with van der Waals surface area (Å²) in [6.07, 6.45) is 0. The van der Waals surface area contributed by atoms with Crippen molar-refractivity contribution in [3.63, 3.8) is 0 Å². The molecule has 1 amide bonds. The number of aromatic amines is 1. The lowest BCUT2D eigenvalue weighted by atomic mass is 10.1. The van der Waals surface area contributed by atoms with E-state index in [1.54, 1.807) is 42.5 Å². The fourth-order valence-corrected chi connectivity index (χ4v) is 3.52. The van der Waals surface area contributed by atoms with Gasteiger partial charge in [0, 0.05) is 16.5 Å². The van der Waals surface area contributed by atoms with Crippen molar-refractivity contribution in [2.45, 2.75) is 0 Å². The molecule has 32 heavy (non-hydrogen) atoms. The van der Waals surface area contributed by atoms with Crippen LogP contribution in [-0.2, 0) is 0 Å². The molecule has 2 N–H and O–H groups in total. The molecule has 0 aliphatic rings. The molecule has 0 aliphatic carbocycles. The Morgan fingerprint density at radius 1 is 0.844 bits per heavy atom. The number of hydrogen-bond donors (Lipinski definition) is 2. The van der Waals surface area contributed by atoms with Gasteiger partial charge in [-0.25, -0.2) is 4.39 Å². The van der Waals surface area contributed by atoms with Crippen molar-refractivity contribution >= 4 is 22.5 Å². The average molecular weight is 423 g/mol. The van der Waals surface area contributed by atoms with E-state index in [-0.39, 0.29) is 11.7 Å². The standard InChI is InChI=1S/C26H18FN3O2/c27-19-9-4-7-17(15-19)24-22-13-6-14-23(25(22)30-29-24)28-26(31)18-8-5-12-21(16-18)32-20-10-2-1-3-11-20/h1-16H,(H,28,31)(H,29,30). The van der Waals surface area contributed by atoms with Crippen molar-refractivity contribution in [1.29, 1.82) is 0 Å². The number of aromatic nitrogens is 2. The number of benzene rings is 4. The van der Waals surface area contributed by atoms with E-state index in [2.05, 4.69) is 15.5 Å². The number of carbonyl (C=O) groups is 1. The number of hydrogen-bond acceptors (Lipinski definition) is 3. The van der Waals surface area contributed by atoms with Gasteiger partial charge in [-0.1, -0.05) is 48.5 Å². The van der Waals surface area contributed by atoms with Crippen LogP contribution < -0.4 is 10.1 Å². The molecule has 5 nitrogen and oxygen atoms in total. The quantitative estimate of drug-likeness (QED) is 0.343. The number of fused-ring (bicyclic) bond motifs is 1. The summed E-state index contributed by atoms with van der Waals surface area (Å²) in [4.78, 5) is 12.9. The molecule has 1 aromatic heterocycles. The van der Waals surface area contributed by atoms with Gasteiger partial charge in [0.05, 0.1) is 11.2 Å². The lowest BCUT2D eigenvalue weighted by Gasteiger charge is -2.09. The van der Waals surface area contributed by atoms with Crippen molar-refractivity contribution < 1.29 is 13.9 Å². The van der Waals surface area contributed by atoms with Crippen LogP contribution in [0.5, 0.6) is 11.5 Å². The molecule has 0 aliphatic heterocycles. The highest BCUT2D eigenvalue weighted by molar-refractivity contribution is 6.10. The first-order valence-electron chi connectivity index (χ1n) is 10.0. The van der Waals surface area contributed by atoms with Gasteiger partial charge in [0.15, 0.2) is 0 Å². The van der Waals surface area contributed by atoms with Gasteiger partial charge in [0.2, 0.25) is 0 Å². The molecule has 6 heteroatoms. The lowest BCUT2D eigenvalue weighted by Crippen LogP contribution is -2.12. The zero-order valence-electron chi connectivity index (χ0n) is 16.9. The Kier molecular flexibility index (Phi) is 5.09. The summed E-state index contributed by atoms with van der Waals surface area (Å²) in [7, 11) is 0. The maximum absolute atomic E-state index is 13.7. The van der Waals surface area contributed by atoms with Gasteiger partial charge in [-0.15, -0.1) is 0 Å². The number of halogens is 1. The van der Waals surface area contributed by atoms with E-state index in [1.807, 2.05) is 42.5 Å². The molecule has 0 spiro atoms. The van der Waals surface area contributed by atoms with Crippen molar-refractivity contribution in [3.8, 4) is 22.8 Å². The smallest absolute Gasteiger partial charge is 0.255 e. The molecule has 0 radical (unpaired) electrons. The number of para-hydroxylation sites is 2. The van der Waals surface area contributed by atoms with Gasteiger partial charge < -0.3 is 10.1 Å². The molecule has 156 valence electrons. The third-order valence-electron chi connectivity index (χ3n) is 5.02. The molecule has 0 saturated heterocycles. The van der Waals surface area contributed by atoms with Crippen LogP contribution >= 0.6 is 0 Å². The maximum Gasteiger partial charge on any atom is 0.255 e. The van der Waals surface area contributed by atoms with Crippen molar-refractivity contribution in [3.05, 3.63) is 108 Å². The van der Waals surface area contributed by atoms with Crippen LogP contribution in [0.25, 0.3) is 22.2 Å². The number of nitrogens with one attached hydrogen (secondary N) is 2. The topological polar surface area (TPSA) is 67.0 Å². The van der Waals surface area contributed by atoms with E-state index in [0.29, 0.717) is 39.5 Å². The summed E-state index contributed by atoms with van der Waals surface area (Å²) < 4.78 is 19.5. The second-order valence-electron chi connectivity index (χ2n) is 7.21. The van der Waals surface area contributed by atoms with Gasteiger partial charge in [-0.2, -0.15) is 5.10 Å². The van der Waals surface area contributed by atoms with E-state index in [1.165, 1.54) is 12.1 Å². The molecule has 0 fully saturated rings. The van der Waals surface area contributed by atoms with Crippen LogP contribution in [-0.4, -0.2) is 16.1 Å². The van der Waals surface area contributed by atoms with Crippen LogP contribution in [0.2, 0.25) is 0 Å². The van der Waals surface area contributed by atoms with E-state index in [9.17, 15) is 9.18 Å². The summed E-state index contributed by atoms with van der Waals surface area (Å²) in [5.74, 6) is 0.646. The van der Waals surface area contributed by atoms with Gasteiger partial charge in [-0.05, 0) is 48.5 Å². The monoisotopic (exact) mass is 423 g/mol. The molecule has 4 aromatic carbocycles. The normalized spacial score (nSPS) is 10.8. The third kappa shape index (κ3) is 3.94. The number of nitrogens with zero attached hydrogens (tertiary/aromatic N) is 1. The molecule has 1 heterocycles. The maximum atomic E-state index is 13.7. The number of ether oxygens (including phenoxy) is 1. The van der Waals surface area contributed by atoms with Crippen LogP contribution in [0.3, 0.4) is 0 Å². The van der Waals surface area contributed by atoms with E-state index in [0.717, 1.165) is 5.39 Å². The van der Waals surface area contributed by atoms with Gasteiger partial charge in [0.25, 0.3) is 5.91 Å². The summed E-state index contributed by atoms with van der Waals surface area (Å²) in [6.45, 7) is 0. The number of anilines is 1. The van der Waals surface area contributed by atoms with Gasteiger partial charge in [0.1, 0.15) is 23.0 Å². The van der Waals surface area contributed by atoms with E-state index in [4.69, 9.17) is 4.74 Å². The first-order chi connectivity index (χ1) is 15.7. The lowest BCUT2D eigenvalue weighted by molar-refractivity contribution is 0.102. The summed E-state index contributed by atoms with van der Waals surface area (Å²) in [5.41, 5.74) is 2.98. The van der Waals surface area contributed by atoms with E-state index < -0.39 is 0 Å². The molecule has 0 atom stereocenters. The SMILES string of the molecule is O=C(Nc1cccc2c(-c3cccc(F)c3)n[nH]c12)c1cccc(Oc2ccccc2)c1. The molecular formula is C26H18FN3O2. The number of rotatable bonds is 5. The Hall–Kier alpha value is -4.45. The first kappa shape index (κ1) is 19.5. The Morgan fingerprint density at radius 2 is 1.62 bits per heavy atom. The number of carbonyl (C=O) groups excluding carboxylic acids is 1. The largest absolute Gasteiger partial charge is 0.457 e. The number of H-pyrrole nitrogens is 1. The Balaban J connectivity index is 1.41. The highest BCUT2D eigenvalue weighted by Gasteiger charge is 2.14. The Labute approximate surface area is 183 Å². The minimum absolute atomic E-state index is 0.280. The van der Waals surface area contributed by atoms with Gasteiger partial charge in [-0.3, -0.25) is 9.89 Å². The second-order valence-corrected chi connectivity index (χ2v) is 7.21. The van der Waals surface area contributed by atoms with Crippen LogP contribution in [0, 0.1) is 5.82 Å². The van der Waals surface area contributed by atoms with Crippen LogP contribution in [0.4, 0.5) is 10.1 Å². The van der Waals surface area contributed by atoms with Crippen LogP contribution in [0.15, 0.2) is 97.1 Å². The highest BCUT2D eigenvalue weighted by atomic mass is 19.1. The molecular weight excluding hydrogens is 405 g/mol. The molecule has 5 rings (SSSR count). The van der Waals surface area contributed by atoms with Crippen molar-refractivity contribution in [2.75, 3.05) is 5.32 Å². The fourth-order valence-electron chi connectivity index (χ4n) is 3.52. The Morgan fingerprint density at radius 3 is 2.47 bits per heavy atom. The third-order valence-corrected chi connectivity index (χ3v) is 5.02. The summed E-state index contributed by atoms with van der Waals surface area (Å²) >= 11 is 0. The number of amides is 1. The molecule has 5 aromatic rings. The van der Waals surface area contributed by atoms with Gasteiger partial charge >= 0.3 is 0 Å². The fraction of sp³-hybridized carbons (Fsp3) is 0. The second kappa shape index (κ2) is 8.35. The van der Waals surface area contributed by atoms with Crippen molar-refractivity contribution in [2.24, 2.45) is 0 Å². The predicted molar refractivity (Wildman–Crippen MR) is 122 cm³/mol. The average Bonchev–Trinajstić information content (AvgIpc) is 3.25. The minimum Gasteiger partial charge on any atom is -0.457 e. The van der Waals surface area contributed by atoms with Crippen molar-refractivity contribution in [1.82, 2.24) is 10.2 Å². The van der Waals surface area contributed by atoms with E-state index >= 15 is 0 Å². The zero-order valence-corrected chi connectivity index (χ0v) is 16.9. The zero-order chi connectivity index (χ0) is 21.9. The molecule has 0 saturated carbocycles. The minimum atomic E-state index is -0.333. The summed E-state index contributed by atoms with van der Waals surface area (Å²) in [5, 5.41) is 11.0. The first-order valence-corrected chi connectivity index (χ1v) is 10.0. The summed E-state index contributed by atoms with van der Waals surface area (Å²) in [6, 6.07) is 28.1. The van der Waals surface area contributed by atoms with Crippen LogP contribution in [0.1, 0.15) is 10.4 Å². The molecule has 0 bridgehead atoms. The predicted octanol–water partition coefficient (Wildman–Crippen LogP) is 6.41. The Bertz CT molecular complexity index is 1410.